The molecular weight excluding hydrogens is 273 g/mol. The van der Waals surface area contributed by atoms with Gasteiger partial charge in [-0.3, -0.25) is 4.79 Å². The number of fused-ring (bicyclic) bond motifs is 1. The lowest BCUT2D eigenvalue weighted by Gasteiger charge is -2.04. The fraction of sp³-hybridized carbons (Fsp3) is 0.0625. The number of anilines is 1. The van der Waals surface area contributed by atoms with Crippen LogP contribution in [0, 0.1) is 12.7 Å². The number of rotatable bonds is 2. The van der Waals surface area contributed by atoms with Crippen LogP contribution in [0.25, 0.3) is 10.1 Å². The molecular formula is C16H12FNOS. The van der Waals surface area contributed by atoms with Crippen LogP contribution in [0.5, 0.6) is 0 Å². The van der Waals surface area contributed by atoms with E-state index in [0.29, 0.717) is 10.6 Å². The number of thiophene rings is 1. The van der Waals surface area contributed by atoms with Gasteiger partial charge in [0.05, 0.1) is 4.88 Å². The second-order valence-electron chi connectivity index (χ2n) is 4.52. The van der Waals surface area contributed by atoms with Crippen LogP contribution in [-0.2, 0) is 0 Å². The number of aryl methyl sites for hydroxylation is 1. The molecule has 2 aromatic carbocycles. The Balaban J connectivity index is 1.95. The van der Waals surface area contributed by atoms with Crippen LogP contribution in [0.15, 0.2) is 48.5 Å². The normalized spacial score (nSPS) is 10.7. The summed E-state index contributed by atoms with van der Waals surface area (Å²) in [5.74, 6) is -0.565. The van der Waals surface area contributed by atoms with Crippen molar-refractivity contribution in [2.45, 2.75) is 6.92 Å². The van der Waals surface area contributed by atoms with E-state index in [1.807, 2.05) is 31.2 Å². The Morgan fingerprint density at radius 3 is 2.70 bits per heavy atom. The Kier molecular flexibility index (Phi) is 3.24. The molecule has 3 rings (SSSR count). The molecule has 0 fully saturated rings. The molecule has 1 heterocycles. The van der Waals surface area contributed by atoms with E-state index in [1.165, 1.54) is 23.5 Å². The minimum absolute atomic E-state index is 0.200. The van der Waals surface area contributed by atoms with E-state index in [4.69, 9.17) is 0 Å². The first-order chi connectivity index (χ1) is 9.65. The molecule has 0 spiro atoms. The molecule has 0 aliphatic rings. The summed E-state index contributed by atoms with van der Waals surface area (Å²) in [6, 6.07) is 13.8. The molecule has 20 heavy (non-hydrogen) atoms. The molecule has 0 aliphatic heterocycles. The van der Waals surface area contributed by atoms with Crippen LogP contribution in [0.3, 0.4) is 0 Å². The first kappa shape index (κ1) is 12.8. The van der Waals surface area contributed by atoms with Crippen molar-refractivity contribution in [3.63, 3.8) is 0 Å². The standard InChI is InChI=1S/C16H12FNOS/c1-10-13-7-2-3-8-14(13)20-15(10)16(19)18-12-6-4-5-11(17)9-12/h2-9H,1H3,(H,18,19). The molecule has 3 aromatic rings. The lowest BCUT2D eigenvalue weighted by atomic mass is 10.1. The zero-order valence-electron chi connectivity index (χ0n) is 10.8. The number of amides is 1. The van der Waals surface area contributed by atoms with E-state index in [0.717, 1.165) is 15.6 Å². The highest BCUT2D eigenvalue weighted by Crippen LogP contribution is 2.31. The Morgan fingerprint density at radius 1 is 1.15 bits per heavy atom. The number of nitrogens with one attached hydrogen (secondary N) is 1. The predicted molar refractivity (Wildman–Crippen MR) is 80.9 cm³/mol. The van der Waals surface area contributed by atoms with Gasteiger partial charge in [0.1, 0.15) is 5.82 Å². The summed E-state index contributed by atoms with van der Waals surface area (Å²) in [6.07, 6.45) is 0. The monoisotopic (exact) mass is 285 g/mol. The molecule has 0 atom stereocenters. The number of halogens is 1. The third kappa shape index (κ3) is 2.30. The van der Waals surface area contributed by atoms with Gasteiger partial charge in [0, 0.05) is 10.4 Å². The van der Waals surface area contributed by atoms with Gasteiger partial charge in [-0.2, -0.15) is 0 Å². The van der Waals surface area contributed by atoms with Crippen LogP contribution in [0.4, 0.5) is 10.1 Å². The van der Waals surface area contributed by atoms with Crippen LogP contribution in [0.2, 0.25) is 0 Å². The molecule has 0 unspecified atom stereocenters. The number of hydrogen-bond donors (Lipinski definition) is 1. The van der Waals surface area contributed by atoms with Crippen molar-refractivity contribution in [1.82, 2.24) is 0 Å². The average Bonchev–Trinajstić information content (AvgIpc) is 2.77. The van der Waals surface area contributed by atoms with Gasteiger partial charge in [0.2, 0.25) is 0 Å². The van der Waals surface area contributed by atoms with Crippen LogP contribution in [-0.4, -0.2) is 5.91 Å². The zero-order valence-corrected chi connectivity index (χ0v) is 11.6. The fourth-order valence-corrected chi connectivity index (χ4v) is 3.25. The largest absolute Gasteiger partial charge is 0.321 e. The summed E-state index contributed by atoms with van der Waals surface area (Å²) in [6.45, 7) is 1.93. The van der Waals surface area contributed by atoms with E-state index in [-0.39, 0.29) is 11.7 Å². The Morgan fingerprint density at radius 2 is 1.95 bits per heavy atom. The molecule has 4 heteroatoms. The molecule has 1 aromatic heterocycles. The summed E-state index contributed by atoms with van der Waals surface area (Å²) in [4.78, 5) is 13.0. The summed E-state index contributed by atoms with van der Waals surface area (Å²) in [7, 11) is 0. The summed E-state index contributed by atoms with van der Waals surface area (Å²) in [5, 5.41) is 3.82. The molecule has 2 nitrogen and oxygen atoms in total. The fourth-order valence-electron chi connectivity index (χ4n) is 2.15. The van der Waals surface area contributed by atoms with Crippen molar-refractivity contribution in [3.05, 3.63) is 64.8 Å². The van der Waals surface area contributed by atoms with Crippen molar-refractivity contribution in [2.24, 2.45) is 0 Å². The first-order valence-corrected chi connectivity index (χ1v) is 7.02. The molecule has 0 aliphatic carbocycles. The van der Waals surface area contributed by atoms with E-state index in [2.05, 4.69) is 5.32 Å². The Labute approximate surface area is 119 Å². The van der Waals surface area contributed by atoms with Crippen LogP contribution >= 0.6 is 11.3 Å². The third-order valence-corrected chi connectivity index (χ3v) is 4.40. The summed E-state index contributed by atoms with van der Waals surface area (Å²) in [5.41, 5.74) is 1.42. The van der Waals surface area contributed by atoms with Gasteiger partial charge >= 0.3 is 0 Å². The number of hydrogen-bond acceptors (Lipinski definition) is 2. The molecule has 0 bridgehead atoms. The second-order valence-corrected chi connectivity index (χ2v) is 5.57. The number of carbonyl (C=O) groups excluding carboxylic acids is 1. The van der Waals surface area contributed by atoms with Crippen LogP contribution in [0.1, 0.15) is 15.2 Å². The molecule has 0 saturated carbocycles. The van der Waals surface area contributed by atoms with Gasteiger partial charge in [0.25, 0.3) is 5.91 Å². The molecule has 1 amide bonds. The van der Waals surface area contributed by atoms with Crippen molar-refractivity contribution < 1.29 is 9.18 Å². The highest BCUT2D eigenvalue weighted by Gasteiger charge is 2.15. The summed E-state index contributed by atoms with van der Waals surface area (Å²) < 4.78 is 14.2. The Bertz CT molecular complexity index is 794. The highest BCUT2D eigenvalue weighted by atomic mass is 32.1. The van der Waals surface area contributed by atoms with Gasteiger partial charge in [-0.05, 0) is 42.1 Å². The van der Waals surface area contributed by atoms with Crippen molar-refractivity contribution in [1.29, 1.82) is 0 Å². The van der Waals surface area contributed by atoms with Crippen LogP contribution < -0.4 is 5.32 Å². The minimum atomic E-state index is -0.365. The first-order valence-electron chi connectivity index (χ1n) is 6.20. The quantitative estimate of drug-likeness (QED) is 0.732. The topological polar surface area (TPSA) is 29.1 Å². The number of carbonyl (C=O) groups is 1. The summed E-state index contributed by atoms with van der Waals surface area (Å²) >= 11 is 1.45. The van der Waals surface area contributed by atoms with Gasteiger partial charge in [-0.25, -0.2) is 4.39 Å². The zero-order chi connectivity index (χ0) is 14.1. The maximum atomic E-state index is 13.1. The lowest BCUT2D eigenvalue weighted by molar-refractivity contribution is 0.103. The number of benzene rings is 2. The van der Waals surface area contributed by atoms with Crippen molar-refractivity contribution in [3.8, 4) is 0 Å². The molecule has 1 N–H and O–H groups in total. The third-order valence-electron chi connectivity index (χ3n) is 3.13. The van der Waals surface area contributed by atoms with E-state index < -0.39 is 0 Å². The van der Waals surface area contributed by atoms with Crippen molar-refractivity contribution in [2.75, 3.05) is 5.32 Å². The molecule has 0 saturated heterocycles. The smallest absolute Gasteiger partial charge is 0.266 e. The van der Waals surface area contributed by atoms with Gasteiger partial charge in [-0.15, -0.1) is 11.3 Å². The minimum Gasteiger partial charge on any atom is -0.321 e. The van der Waals surface area contributed by atoms with Gasteiger partial charge in [-0.1, -0.05) is 24.3 Å². The van der Waals surface area contributed by atoms with Gasteiger partial charge in [0.15, 0.2) is 0 Å². The molecule has 100 valence electrons. The SMILES string of the molecule is Cc1c(C(=O)Nc2cccc(F)c2)sc2ccccc12. The van der Waals surface area contributed by atoms with E-state index in [1.54, 1.807) is 12.1 Å². The van der Waals surface area contributed by atoms with E-state index in [9.17, 15) is 9.18 Å². The Hall–Kier alpha value is -2.20. The van der Waals surface area contributed by atoms with E-state index >= 15 is 0 Å². The lowest BCUT2D eigenvalue weighted by Crippen LogP contribution is -2.11. The highest BCUT2D eigenvalue weighted by molar-refractivity contribution is 7.21. The predicted octanol–water partition coefficient (Wildman–Crippen LogP) is 4.60. The average molecular weight is 285 g/mol. The molecule has 0 radical (unpaired) electrons. The van der Waals surface area contributed by atoms with Crippen molar-refractivity contribution >= 4 is 33.0 Å². The van der Waals surface area contributed by atoms with Gasteiger partial charge < -0.3 is 5.32 Å². The maximum Gasteiger partial charge on any atom is 0.266 e. The second kappa shape index (κ2) is 5.06. The maximum absolute atomic E-state index is 13.1.